The monoisotopic (exact) mass is 376 g/mol. The quantitative estimate of drug-likeness (QED) is 0.399. The molecule has 0 saturated heterocycles. The molecule has 0 N–H and O–H groups in total. The molecule has 0 spiro atoms. The fraction of sp³-hybridized carbons (Fsp3) is 0. The maximum absolute atomic E-state index is 8.98. The fourth-order valence-electron chi connectivity index (χ4n) is 2.92. The van der Waals surface area contributed by atoms with E-state index in [2.05, 4.69) is 24.3 Å². The summed E-state index contributed by atoms with van der Waals surface area (Å²) in [6.45, 7) is 0. The SMILES string of the molecule is Cl.N#Cc1ccc(-c2cc(-c3ccccc3)c3cc(Cl)ccc3n2)cc1. The van der Waals surface area contributed by atoms with Crippen molar-refractivity contribution >= 4 is 34.9 Å². The van der Waals surface area contributed by atoms with E-state index in [0.717, 1.165) is 33.3 Å². The Morgan fingerprint density at radius 1 is 0.808 bits per heavy atom. The van der Waals surface area contributed by atoms with Crippen molar-refractivity contribution in [1.29, 1.82) is 5.26 Å². The molecule has 0 radical (unpaired) electrons. The summed E-state index contributed by atoms with van der Waals surface area (Å²) in [6, 6.07) is 27.7. The van der Waals surface area contributed by atoms with Crippen LogP contribution in [0.15, 0.2) is 78.9 Å². The number of aromatic nitrogens is 1. The molecule has 3 aromatic carbocycles. The van der Waals surface area contributed by atoms with Gasteiger partial charge in [-0.15, -0.1) is 12.4 Å². The number of fused-ring (bicyclic) bond motifs is 1. The molecule has 1 heterocycles. The lowest BCUT2D eigenvalue weighted by Crippen LogP contribution is -1.90. The predicted octanol–water partition coefficient (Wildman–Crippen LogP) is 6.52. The molecular formula is C22H14Cl2N2. The van der Waals surface area contributed by atoms with Gasteiger partial charge in [-0.25, -0.2) is 4.98 Å². The minimum Gasteiger partial charge on any atom is -0.248 e. The van der Waals surface area contributed by atoms with Crippen molar-refractivity contribution < 1.29 is 0 Å². The summed E-state index contributed by atoms with van der Waals surface area (Å²) in [7, 11) is 0. The third-order valence-electron chi connectivity index (χ3n) is 4.17. The fourth-order valence-corrected chi connectivity index (χ4v) is 3.09. The normalized spacial score (nSPS) is 10.2. The summed E-state index contributed by atoms with van der Waals surface area (Å²) < 4.78 is 0. The molecule has 0 bridgehead atoms. The zero-order valence-corrected chi connectivity index (χ0v) is 15.3. The molecule has 0 aliphatic heterocycles. The Labute approximate surface area is 163 Å². The zero-order chi connectivity index (χ0) is 17.2. The van der Waals surface area contributed by atoms with Crippen molar-refractivity contribution in [3.63, 3.8) is 0 Å². The van der Waals surface area contributed by atoms with Crippen LogP contribution in [-0.4, -0.2) is 4.98 Å². The summed E-state index contributed by atoms with van der Waals surface area (Å²) >= 11 is 6.21. The van der Waals surface area contributed by atoms with Crippen LogP contribution in [0.2, 0.25) is 5.02 Å². The molecule has 0 amide bonds. The second-order valence-corrected chi connectivity index (χ2v) is 6.21. The van der Waals surface area contributed by atoms with Gasteiger partial charge in [-0.3, -0.25) is 0 Å². The number of benzene rings is 3. The Morgan fingerprint density at radius 3 is 2.23 bits per heavy atom. The maximum atomic E-state index is 8.98. The lowest BCUT2D eigenvalue weighted by atomic mass is 9.98. The first-order valence-corrected chi connectivity index (χ1v) is 8.29. The minimum absolute atomic E-state index is 0. The summed E-state index contributed by atoms with van der Waals surface area (Å²) in [5.41, 5.74) is 5.59. The molecule has 0 saturated carbocycles. The van der Waals surface area contributed by atoms with Gasteiger partial charge in [0.1, 0.15) is 0 Å². The third-order valence-corrected chi connectivity index (χ3v) is 4.40. The highest BCUT2D eigenvalue weighted by molar-refractivity contribution is 6.31. The molecule has 4 heteroatoms. The van der Waals surface area contributed by atoms with E-state index in [9.17, 15) is 0 Å². The molecular weight excluding hydrogens is 363 g/mol. The smallest absolute Gasteiger partial charge is 0.0991 e. The molecule has 0 unspecified atom stereocenters. The van der Waals surface area contributed by atoms with E-state index in [0.29, 0.717) is 10.6 Å². The number of nitrogens with zero attached hydrogens (tertiary/aromatic N) is 2. The number of pyridine rings is 1. The van der Waals surface area contributed by atoms with Gasteiger partial charge in [0.2, 0.25) is 0 Å². The van der Waals surface area contributed by atoms with E-state index in [4.69, 9.17) is 21.8 Å². The Hall–Kier alpha value is -2.86. The Bertz CT molecular complexity index is 1100. The molecule has 0 aliphatic rings. The van der Waals surface area contributed by atoms with Crippen LogP contribution in [0.5, 0.6) is 0 Å². The molecule has 26 heavy (non-hydrogen) atoms. The van der Waals surface area contributed by atoms with Gasteiger partial charge in [0.05, 0.1) is 22.8 Å². The first kappa shape index (κ1) is 17.9. The highest BCUT2D eigenvalue weighted by atomic mass is 35.5. The Balaban J connectivity index is 0.00000196. The summed E-state index contributed by atoms with van der Waals surface area (Å²) in [5, 5.41) is 10.7. The van der Waals surface area contributed by atoms with Gasteiger partial charge in [0.25, 0.3) is 0 Å². The van der Waals surface area contributed by atoms with Crippen LogP contribution in [0.25, 0.3) is 33.3 Å². The Morgan fingerprint density at radius 2 is 1.54 bits per heavy atom. The number of rotatable bonds is 2. The second-order valence-electron chi connectivity index (χ2n) is 5.77. The van der Waals surface area contributed by atoms with Gasteiger partial charge in [-0.2, -0.15) is 5.26 Å². The average Bonchev–Trinajstić information content (AvgIpc) is 2.68. The molecule has 0 aliphatic carbocycles. The summed E-state index contributed by atoms with van der Waals surface area (Å²) in [6.07, 6.45) is 0. The molecule has 0 fully saturated rings. The van der Waals surface area contributed by atoms with Crippen molar-refractivity contribution in [1.82, 2.24) is 4.98 Å². The minimum atomic E-state index is 0. The predicted molar refractivity (Wildman–Crippen MR) is 110 cm³/mol. The van der Waals surface area contributed by atoms with Gasteiger partial charge in [-0.05, 0) is 47.5 Å². The summed E-state index contributed by atoms with van der Waals surface area (Å²) in [5.74, 6) is 0. The van der Waals surface area contributed by atoms with Crippen LogP contribution < -0.4 is 0 Å². The van der Waals surface area contributed by atoms with Gasteiger partial charge >= 0.3 is 0 Å². The first-order chi connectivity index (χ1) is 12.2. The lowest BCUT2D eigenvalue weighted by molar-refractivity contribution is 1.39. The van der Waals surface area contributed by atoms with Crippen LogP contribution in [0.3, 0.4) is 0 Å². The number of hydrogen-bond acceptors (Lipinski definition) is 2. The van der Waals surface area contributed by atoms with Crippen molar-refractivity contribution in [2.45, 2.75) is 0 Å². The van der Waals surface area contributed by atoms with E-state index in [1.165, 1.54) is 0 Å². The maximum Gasteiger partial charge on any atom is 0.0991 e. The van der Waals surface area contributed by atoms with E-state index < -0.39 is 0 Å². The molecule has 126 valence electrons. The van der Waals surface area contributed by atoms with E-state index >= 15 is 0 Å². The van der Waals surface area contributed by atoms with E-state index in [-0.39, 0.29) is 12.4 Å². The van der Waals surface area contributed by atoms with Crippen LogP contribution in [-0.2, 0) is 0 Å². The van der Waals surface area contributed by atoms with Gasteiger partial charge < -0.3 is 0 Å². The number of halogens is 2. The highest BCUT2D eigenvalue weighted by Crippen LogP contribution is 2.33. The Kier molecular flexibility index (Phi) is 5.23. The number of nitriles is 1. The highest BCUT2D eigenvalue weighted by Gasteiger charge is 2.10. The lowest BCUT2D eigenvalue weighted by Gasteiger charge is -2.11. The van der Waals surface area contributed by atoms with Crippen LogP contribution in [0, 0.1) is 11.3 Å². The van der Waals surface area contributed by atoms with Crippen LogP contribution in [0.1, 0.15) is 5.56 Å². The molecule has 2 nitrogen and oxygen atoms in total. The van der Waals surface area contributed by atoms with Crippen molar-refractivity contribution in [2.75, 3.05) is 0 Å². The van der Waals surface area contributed by atoms with Crippen molar-refractivity contribution in [2.24, 2.45) is 0 Å². The van der Waals surface area contributed by atoms with Crippen LogP contribution in [0.4, 0.5) is 0 Å². The van der Waals surface area contributed by atoms with E-state index in [1.54, 1.807) is 0 Å². The van der Waals surface area contributed by atoms with Gasteiger partial charge in [0, 0.05) is 16.0 Å². The largest absolute Gasteiger partial charge is 0.248 e. The molecule has 4 aromatic rings. The van der Waals surface area contributed by atoms with E-state index in [1.807, 2.05) is 60.7 Å². The standard InChI is InChI=1S/C22H13ClN2.ClH/c23-18-10-11-21-20(12-18)19(16-4-2-1-3-5-16)13-22(25-21)17-8-6-15(14-24)7-9-17;/h1-13H;1H. The molecule has 1 aromatic heterocycles. The van der Waals surface area contributed by atoms with Crippen molar-refractivity contribution in [3.8, 4) is 28.5 Å². The average molecular weight is 377 g/mol. The van der Waals surface area contributed by atoms with Gasteiger partial charge in [-0.1, -0.05) is 54.1 Å². The first-order valence-electron chi connectivity index (χ1n) is 7.91. The summed E-state index contributed by atoms with van der Waals surface area (Å²) in [4.78, 5) is 4.79. The topological polar surface area (TPSA) is 36.7 Å². The second kappa shape index (κ2) is 7.58. The van der Waals surface area contributed by atoms with Gasteiger partial charge in [0.15, 0.2) is 0 Å². The molecule has 0 atom stereocenters. The van der Waals surface area contributed by atoms with Crippen LogP contribution >= 0.6 is 24.0 Å². The zero-order valence-electron chi connectivity index (χ0n) is 13.7. The molecule has 4 rings (SSSR count). The third kappa shape index (κ3) is 3.41. The van der Waals surface area contributed by atoms with Crippen molar-refractivity contribution in [3.05, 3.63) is 89.4 Å². The number of hydrogen-bond donors (Lipinski definition) is 0.